The highest BCUT2D eigenvalue weighted by Crippen LogP contribution is 2.24. The van der Waals surface area contributed by atoms with Gasteiger partial charge in [0.2, 0.25) is 0 Å². The van der Waals surface area contributed by atoms with Gasteiger partial charge in [-0.25, -0.2) is 0 Å². The number of hydrogen-bond acceptors (Lipinski definition) is 5. The zero-order valence-electron chi connectivity index (χ0n) is 16.4. The highest BCUT2D eigenvalue weighted by atomic mass is 16.5. The van der Waals surface area contributed by atoms with Crippen molar-refractivity contribution < 1.29 is 9.32 Å². The number of nitrogens with zero attached hydrogens (tertiary/aromatic N) is 4. The van der Waals surface area contributed by atoms with Gasteiger partial charge in [0.15, 0.2) is 11.5 Å². The maximum atomic E-state index is 12.6. The van der Waals surface area contributed by atoms with E-state index in [4.69, 9.17) is 4.52 Å². The Labute approximate surface area is 154 Å². The van der Waals surface area contributed by atoms with Crippen LogP contribution in [0.3, 0.4) is 0 Å². The Hall–Kier alpha value is -2.15. The van der Waals surface area contributed by atoms with Crippen molar-refractivity contribution in [3.05, 3.63) is 23.7 Å². The van der Waals surface area contributed by atoms with E-state index in [-0.39, 0.29) is 11.4 Å². The lowest BCUT2D eigenvalue weighted by atomic mass is 9.97. The van der Waals surface area contributed by atoms with Gasteiger partial charge < -0.3 is 14.7 Å². The maximum Gasteiger partial charge on any atom is 0.273 e. The molecule has 0 spiro atoms. The van der Waals surface area contributed by atoms with Crippen molar-refractivity contribution in [2.45, 2.75) is 46.1 Å². The molecule has 1 N–H and O–H groups in total. The average molecular weight is 359 g/mol. The molecule has 3 rings (SSSR count). The molecule has 1 aliphatic heterocycles. The quantitative estimate of drug-likeness (QED) is 0.888. The molecule has 26 heavy (non-hydrogen) atoms. The summed E-state index contributed by atoms with van der Waals surface area (Å²) >= 11 is 0. The molecule has 0 saturated carbocycles. The molecule has 1 unspecified atom stereocenters. The van der Waals surface area contributed by atoms with Crippen molar-refractivity contribution in [2.24, 2.45) is 13.0 Å². The summed E-state index contributed by atoms with van der Waals surface area (Å²) in [6.45, 7) is 11.4. The molecule has 0 bridgehead atoms. The van der Waals surface area contributed by atoms with Gasteiger partial charge in [0.25, 0.3) is 5.91 Å². The monoisotopic (exact) mass is 359 g/mol. The second-order valence-corrected chi connectivity index (χ2v) is 8.16. The molecule has 7 nitrogen and oxygen atoms in total. The number of aryl methyl sites for hydroxylation is 1. The third-order valence-corrected chi connectivity index (χ3v) is 5.06. The number of aromatic nitrogens is 3. The molecule has 7 heteroatoms. The van der Waals surface area contributed by atoms with Gasteiger partial charge in [-0.05, 0) is 46.1 Å². The fourth-order valence-corrected chi connectivity index (χ4v) is 3.65. The number of carbonyl (C=O) groups excluding carboxylic acids is 1. The van der Waals surface area contributed by atoms with Gasteiger partial charge in [-0.2, -0.15) is 5.10 Å². The van der Waals surface area contributed by atoms with Gasteiger partial charge in [0.05, 0.1) is 11.8 Å². The van der Waals surface area contributed by atoms with Crippen LogP contribution in [-0.2, 0) is 7.05 Å². The second kappa shape index (κ2) is 7.23. The molecule has 0 aromatic carbocycles. The van der Waals surface area contributed by atoms with Gasteiger partial charge >= 0.3 is 0 Å². The van der Waals surface area contributed by atoms with E-state index in [1.54, 1.807) is 16.9 Å². The van der Waals surface area contributed by atoms with Gasteiger partial charge in [-0.1, -0.05) is 12.1 Å². The van der Waals surface area contributed by atoms with Crippen LogP contribution in [0.25, 0.3) is 11.3 Å². The predicted octanol–water partition coefficient (Wildman–Crippen LogP) is 2.62. The van der Waals surface area contributed by atoms with Gasteiger partial charge in [-0.3, -0.25) is 9.48 Å². The zero-order chi connectivity index (χ0) is 18.9. The predicted molar refractivity (Wildman–Crippen MR) is 99.8 cm³/mol. The van der Waals surface area contributed by atoms with Crippen molar-refractivity contribution >= 4 is 5.91 Å². The summed E-state index contributed by atoms with van der Waals surface area (Å²) in [5.41, 5.74) is 1.77. The van der Waals surface area contributed by atoms with Crippen LogP contribution >= 0.6 is 0 Å². The van der Waals surface area contributed by atoms with Gasteiger partial charge in [-0.15, -0.1) is 0 Å². The van der Waals surface area contributed by atoms with Crippen LogP contribution < -0.4 is 5.32 Å². The molecular formula is C19H29N5O2. The van der Waals surface area contributed by atoms with E-state index >= 15 is 0 Å². The van der Waals surface area contributed by atoms with Crippen LogP contribution in [0.5, 0.6) is 0 Å². The molecule has 3 heterocycles. The molecule has 1 saturated heterocycles. The summed E-state index contributed by atoms with van der Waals surface area (Å²) in [7, 11) is 1.87. The first kappa shape index (κ1) is 18.6. The molecule has 0 radical (unpaired) electrons. The highest BCUT2D eigenvalue weighted by molar-refractivity contribution is 5.93. The Morgan fingerprint density at radius 1 is 1.46 bits per heavy atom. The largest absolute Gasteiger partial charge is 0.355 e. The SMILES string of the molecule is Cc1c(-c2cc(C(=O)NC(C)(C)CN3CCCC(C)C3)no2)cnn1C. The number of amides is 1. The van der Waals surface area contributed by atoms with Crippen molar-refractivity contribution in [3.63, 3.8) is 0 Å². The van der Waals surface area contributed by atoms with Crippen molar-refractivity contribution in [2.75, 3.05) is 19.6 Å². The smallest absolute Gasteiger partial charge is 0.273 e. The summed E-state index contributed by atoms with van der Waals surface area (Å²) < 4.78 is 7.13. The number of nitrogens with one attached hydrogen (secondary N) is 1. The minimum absolute atomic E-state index is 0.211. The minimum atomic E-state index is -0.336. The molecule has 1 atom stereocenters. The first-order chi connectivity index (χ1) is 12.2. The number of rotatable bonds is 5. The molecule has 142 valence electrons. The third kappa shape index (κ3) is 4.15. The van der Waals surface area contributed by atoms with Crippen molar-refractivity contribution in [1.29, 1.82) is 0 Å². The Morgan fingerprint density at radius 3 is 2.88 bits per heavy atom. The zero-order valence-corrected chi connectivity index (χ0v) is 16.4. The highest BCUT2D eigenvalue weighted by Gasteiger charge is 2.28. The van der Waals surface area contributed by atoms with E-state index < -0.39 is 0 Å². The van der Waals surface area contributed by atoms with Crippen molar-refractivity contribution in [1.82, 2.24) is 25.2 Å². The van der Waals surface area contributed by atoms with Crippen molar-refractivity contribution in [3.8, 4) is 11.3 Å². The molecule has 0 aliphatic carbocycles. The minimum Gasteiger partial charge on any atom is -0.355 e. The van der Waals surface area contributed by atoms with Crippen LogP contribution in [0.4, 0.5) is 0 Å². The van der Waals surface area contributed by atoms with E-state index in [0.29, 0.717) is 11.5 Å². The lowest BCUT2D eigenvalue weighted by Crippen LogP contribution is -2.53. The lowest BCUT2D eigenvalue weighted by Gasteiger charge is -2.37. The van der Waals surface area contributed by atoms with E-state index in [1.165, 1.54) is 12.8 Å². The third-order valence-electron chi connectivity index (χ3n) is 5.06. The van der Waals surface area contributed by atoms with Gasteiger partial charge in [0, 0.05) is 37.4 Å². The summed E-state index contributed by atoms with van der Waals surface area (Å²) in [5.74, 6) is 1.07. The van der Waals surface area contributed by atoms with Crippen LogP contribution in [-0.4, -0.2) is 50.9 Å². The second-order valence-electron chi connectivity index (χ2n) is 8.16. The Bertz CT molecular complexity index is 777. The number of piperidine rings is 1. The van der Waals surface area contributed by atoms with E-state index in [2.05, 4.69) is 41.2 Å². The summed E-state index contributed by atoms with van der Waals surface area (Å²) in [6, 6.07) is 1.68. The molecule has 1 aliphatic rings. The number of carbonyl (C=O) groups is 1. The standard InChI is InChI=1S/C19H29N5O2/c1-13-7-6-8-24(11-13)12-19(3,4)21-18(25)16-9-17(26-22-16)15-10-20-23(5)14(15)2/h9-10,13H,6-8,11-12H2,1-5H3,(H,21,25). The van der Waals surface area contributed by atoms with Crippen LogP contribution in [0.15, 0.2) is 16.8 Å². The topological polar surface area (TPSA) is 76.2 Å². The van der Waals surface area contributed by atoms with Crippen LogP contribution in [0.1, 0.15) is 49.8 Å². The molecule has 2 aromatic rings. The molecule has 2 aromatic heterocycles. The molecular weight excluding hydrogens is 330 g/mol. The van der Waals surface area contributed by atoms with E-state index in [1.807, 2.05) is 14.0 Å². The van der Waals surface area contributed by atoms with Crippen LogP contribution in [0, 0.1) is 12.8 Å². The van der Waals surface area contributed by atoms with E-state index in [9.17, 15) is 4.79 Å². The first-order valence-electron chi connectivity index (χ1n) is 9.26. The first-order valence-corrected chi connectivity index (χ1v) is 9.26. The normalized spacial score (nSPS) is 18.9. The number of likely N-dealkylation sites (tertiary alicyclic amines) is 1. The fourth-order valence-electron chi connectivity index (χ4n) is 3.65. The summed E-state index contributed by atoms with van der Waals surface area (Å²) in [6.07, 6.45) is 4.24. The van der Waals surface area contributed by atoms with Crippen LogP contribution in [0.2, 0.25) is 0 Å². The Morgan fingerprint density at radius 2 is 2.23 bits per heavy atom. The summed E-state index contributed by atoms with van der Waals surface area (Å²) in [5, 5.41) is 11.2. The fraction of sp³-hybridized carbons (Fsp3) is 0.632. The Balaban J connectivity index is 1.65. The van der Waals surface area contributed by atoms with Gasteiger partial charge in [0.1, 0.15) is 0 Å². The number of hydrogen-bond donors (Lipinski definition) is 1. The van der Waals surface area contributed by atoms with E-state index in [0.717, 1.165) is 36.8 Å². The molecule has 1 amide bonds. The lowest BCUT2D eigenvalue weighted by molar-refractivity contribution is 0.0854. The molecule has 1 fully saturated rings. The maximum absolute atomic E-state index is 12.6. The Kier molecular flexibility index (Phi) is 5.18. The summed E-state index contributed by atoms with van der Waals surface area (Å²) in [4.78, 5) is 15.1. The average Bonchev–Trinajstić information content (AvgIpc) is 3.14.